The summed E-state index contributed by atoms with van der Waals surface area (Å²) in [6, 6.07) is 3.94. The molecule has 4 aromatic carbocycles. The third-order valence-corrected chi connectivity index (χ3v) is 12.4. The number of phenolic OH excluding ortho intramolecular Hbond substituents is 1. The topological polar surface area (TPSA) is 411 Å². The Morgan fingerprint density at radius 3 is 1.64 bits per heavy atom. The summed E-state index contributed by atoms with van der Waals surface area (Å²) in [4.78, 5) is -5.95. The van der Waals surface area contributed by atoms with E-state index < -0.39 is 148 Å². The van der Waals surface area contributed by atoms with Crippen LogP contribution in [0.1, 0.15) is 0 Å². The Kier molecular flexibility index (Phi) is 11.6. The summed E-state index contributed by atoms with van der Waals surface area (Å²) >= 11 is 0. The molecule has 24 nitrogen and oxygen atoms in total. The maximum atomic E-state index is 13.9. The number of sulfone groups is 1. The Morgan fingerprint density at radius 1 is 0.600 bits per heavy atom. The summed E-state index contributed by atoms with van der Waals surface area (Å²) in [7, 11) is -31.2. The van der Waals surface area contributed by atoms with Gasteiger partial charge >= 0.3 is 10.4 Å². The van der Waals surface area contributed by atoms with Crippen LogP contribution in [0.2, 0.25) is 0 Å². The standard InChI is InChI=1S/C24H20FN5O19S6/c25-12-1-4-16(51(34,35)36)15(9-12)28-29-22-18(53(40,41)42)7-11-8-19(54(43,44)45)23(24(31)20(11)21(22)26)30-27-14-3-2-13(10-17(14)52(37,38)39)50(32,33)6-5-49-55(46,47)48/h1-4,7-10,31H,5-6,26H2,(H,34,35,36)(H,37,38,39)(H,40,41,42)(H,43,44,45)(H,46,47,48)/b29-28+,30-27+. The van der Waals surface area contributed by atoms with E-state index in [1.165, 1.54) is 0 Å². The predicted octanol–water partition coefficient (Wildman–Crippen LogP) is 2.68. The molecule has 0 heterocycles. The van der Waals surface area contributed by atoms with Gasteiger partial charge in [-0.05, 0) is 47.9 Å². The molecule has 0 atom stereocenters. The number of hydrogen-bond donors (Lipinski definition) is 7. The minimum absolute atomic E-state index is 0.300. The maximum Gasteiger partial charge on any atom is 0.397 e. The maximum absolute atomic E-state index is 13.9. The molecule has 0 aliphatic rings. The van der Waals surface area contributed by atoms with Crippen molar-refractivity contribution in [3.8, 4) is 5.75 Å². The Hall–Kier alpha value is -4.67. The highest BCUT2D eigenvalue weighted by molar-refractivity contribution is 7.91. The molecule has 0 amide bonds. The van der Waals surface area contributed by atoms with Gasteiger partial charge in [-0.25, -0.2) is 17.0 Å². The van der Waals surface area contributed by atoms with Crippen LogP contribution in [0.3, 0.4) is 0 Å². The summed E-state index contributed by atoms with van der Waals surface area (Å²) in [6.07, 6.45) is 0. The predicted molar refractivity (Wildman–Crippen MR) is 180 cm³/mol. The molecule has 8 N–H and O–H groups in total. The molecule has 0 radical (unpaired) electrons. The minimum atomic E-state index is -5.52. The highest BCUT2D eigenvalue weighted by atomic mass is 32.3. The van der Waals surface area contributed by atoms with Crippen LogP contribution >= 0.6 is 0 Å². The molecule has 0 spiro atoms. The van der Waals surface area contributed by atoms with E-state index in [-0.39, 0.29) is 0 Å². The number of fused-ring (bicyclic) bond motifs is 1. The molecule has 31 heteroatoms. The number of azo groups is 2. The van der Waals surface area contributed by atoms with Gasteiger partial charge in [-0.3, -0.25) is 22.8 Å². The molecule has 0 aliphatic carbocycles. The van der Waals surface area contributed by atoms with Crippen molar-refractivity contribution in [2.75, 3.05) is 18.1 Å². The van der Waals surface area contributed by atoms with Crippen LogP contribution in [-0.4, -0.2) is 90.7 Å². The number of benzene rings is 4. The molecule has 0 saturated carbocycles. The van der Waals surface area contributed by atoms with Gasteiger partial charge in [0.15, 0.2) is 15.6 Å². The van der Waals surface area contributed by atoms with Crippen molar-refractivity contribution in [3.05, 3.63) is 54.3 Å². The van der Waals surface area contributed by atoms with Gasteiger partial charge in [-0.2, -0.15) is 42.1 Å². The molecule has 0 fully saturated rings. The fourth-order valence-electron chi connectivity index (χ4n) is 4.44. The second-order valence-electron chi connectivity index (χ2n) is 10.4. The van der Waals surface area contributed by atoms with Crippen LogP contribution in [0.5, 0.6) is 5.75 Å². The lowest BCUT2D eigenvalue weighted by atomic mass is 10.1. The number of nitrogens with two attached hydrogens (primary N) is 1. The Labute approximate surface area is 308 Å². The average Bonchev–Trinajstić information content (AvgIpc) is 3.00. The van der Waals surface area contributed by atoms with Crippen LogP contribution in [0.15, 0.2) is 93.5 Å². The van der Waals surface area contributed by atoms with E-state index in [9.17, 15) is 78.2 Å². The number of nitrogens with zero attached hydrogens (tertiary/aromatic N) is 4. The lowest BCUT2D eigenvalue weighted by Crippen LogP contribution is -2.16. The van der Waals surface area contributed by atoms with Gasteiger partial charge < -0.3 is 10.8 Å². The SMILES string of the molecule is Nc1c(/N=N/c2cc(F)ccc2S(=O)(=O)O)c(S(=O)(=O)O)cc2cc(S(=O)(=O)O)c(/N=N/c3ccc(S(=O)(=O)CCOS(=O)(=O)O)cc3S(=O)(=O)O)c(O)c12. The van der Waals surface area contributed by atoms with Crippen molar-refractivity contribution in [2.45, 2.75) is 24.5 Å². The van der Waals surface area contributed by atoms with Gasteiger partial charge in [-0.1, -0.05) is 0 Å². The summed E-state index contributed by atoms with van der Waals surface area (Å²) < 4.78 is 209. The number of phenols is 1. The largest absolute Gasteiger partial charge is 0.505 e. The Balaban J connectivity index is 1.99. The lowest BCUT2D eigenvalue weighted by molar-refractivity contribution is 0.284. The smallest absolute Gasteiger partial charge is 0.397 e. The number of halogens is 1. The monoisotopic (exact) mass is 893 g/mol. The first-order chi connectivity index (χ1) is 24.9. The number of nitrogen functional groups attached to an aromatic ring is 1. The second-order valence-corrected chi connectivity index (χ2v) is 19.2. The first-order valence-electron chi connectivity index (χ1n) is 13.6. The third-order valence-electron chi connectivity index (χ3n) is 6.74. The minimum Gasteiger partial charge on any atom is -0.505 e. The molecule has 0 bridgehead atoms. The number of rotatable bonds is 13. The van der Waals surface area contributed by atoms with Crippen LogP contribution in [0.4, 0.5) is 32.8 Å². The number of anilines is 1. The van der Waals surface area contributed by atoms with Crippen molar-refractivity contribution in [3.63, 3.8) is 0 Å². The molecule has 0 aromatic heterocycles. The van der Waals surface area contributed by atoms with Gasteiger partial charge in [0.05, 0.1) is 28.3 Å². The first-order valence-corrected chi connectivity index (χ1v) is 22.3. The van der Waals surface area contributed by atoms with Crippen molar-refractivity contribution >= 4 is 99.9 Å². The van der Waals surface area contributed by atoms with Gasteiger partial charge in [0.1, 0.15) is 48.1 Å². The normalized spacial score (nSPS) is 13.6. The van der Waals surface area contributed by atoms with Crippen molar-refractivity contribution in [1.29, 1.82) is 0 Å². The van der Waals surface area contributed by atoms with E-state index in [0.717, 1.165) is 0 Å². The molecule has 55 heavy (non-hydrogen) atoms. The van der Waals surface area contributed by atoms with Crippen molar-refractivity contribution in [2.24, 2.45) is 20.5 Å². The first kappa shape index (κ1) is 43.1. The van der Waals surface area contributed by atoms with Crippen molar-refractivity contribution < 1.29 is 87.0 Å². The summed E-state index contributed by atoms with van der Waals surface area (Å²) in [5.74, 6) is -3.69. The highest BCUT2D eigenvalue weighted by Crippen LogP contribution is 2.48. The van der Waals surface area contributed by atoms with Crippen LogP contribution in [0.25, 0.3) is 10.8 Å². The van der Waals surface area contributed by atoms with Crippen LogP contribution in [-0.2, 0) is 64.9 Å². The molecule has 0 aliphatic heterocycles. The van der Waals surface area contributed by atoms with E-state index in [1.807, 2.05) is 0 Å². The third kappa shape index (κ3) is 9.96. The van der Waals surface area contributed by atoms with Crippen LogP contribution < -0.4 is 5.73 Å². The Bertz CT molecular complexity index is 3030. The fourth-order valence-corrected chi connectivity index (χ4v) is 8.61. The van der Waals surface area contributed by atoms with Gasteiger partial charge in [0.2, 0.25) is 0 Å². The zero-order chi connectivity index (χ0) is 41.7. The number of hydrogen-bond acceptors (Lipinski definition) is 19. The Morgan fingerprint density at radius 2 is 1.11 bits per heavy atom. The van der Waals surface area contributed by atoms with E-state index in [0.29, 0.717) is 48.5 Å². The summed E-state index contributed by atoms with van der Waals surface area (Å²) in [6.45, 7) is -1.14. The van der Waals surface area contributed by atoms with Gasteiger partial charge in [0.25, 0.3) is 40.5 Å². The lowest BCUT2D eigenvalue weighted by Gasteiger charge is -2.14. The van der Waals surface area contributed by atoms with E-state index in [1.54, 1.807) is 0 Å². The van der Waals surface area contributed by atoms with E-state index in [2.05, 4.69) is 24.6 Å². The van der Waals surface area contributed by atoms with Gasteiger partial charge in [-0.15, -0.1) is 20.5 Å². The highest BCUT2D eigenvalue weighted by Gasteiger charge is 2.29. The van der Waals surface area contributed by atoms with Crippen LogP contribution in [0, 0.1) is 5.82 Å². The van der Waals surface area contributed by atoms with Gasteiger partial charge in [0, 0.05) is 6.07 Å². The van der Waals surface area contributed by atoms with Crippen molar-refractivity contribution in [1.82, 2.24) is 0 Å². The fraction of sp³-hybridized carbons (Fsp3) is 0.0833. The van der Waals surface area contributed by atoms with E-state index in [4.69, 9.17) is 10.3 Å². The molecular weight excluding hydrogens is 874 g/mol. The zero-order valence-corrected chi connectivity index (χ0v) is 31.1. The average molecular weight is 894 g/mol. The summed E-state index contributed by atoms with van der Waals surface area (Å²) in [5, 5.41) is 23.3. The molecule has 4 aromatic rings. The second kappa shape index (κ2) is 14.8. The van der Waals surface area contributed by atoms with E-state index >= 15 is 0 Å². The molecular formula is C24H20FN5O19S6. The molecule has 4 rings (SSSR count). The molecule has 0 saturated heterocycles. The summed E-state index contributed by atoms with van der Waals surface area (Å²) in [5.41, 5.74) is 0.697. The zero-order valence-electron chi connectivity index (χ0n) is 26.2. The molecule has 298 valence electrons. The molecule has 0 unspecified atom stereocenters. The quantitative estimate of drug-likeness (QED) is 0.0576. The number of aromatic hydroxyl groups is 1.